The predicted octanol–water partition coefficient (Wildman–Crippen LogP) is 4.98. The summed E-state index contributed by atoms with van der Waals surface area (Å²) in [6.07, 6.45) is 3.68. The highest BCUT2D eigenvalue weighted by Crippen LogP contribution is 2.35. The summed E-state index contributed by atoms with van der Waals surface area (Å²) in [6, 6.07) is 10.3. The van der Waals surface area contributed by atoms with Crippen LogP contribution in [0.15, 0.2) is 47.8 Å². The molecule has 4 nitrogen and oxygen atoms in total. The molecule has 1 aromatic carbocycles. The minimum Gasteiger partial charge on any atom is -0.235 e. The molecule has 4 rings (SSSR count). The lowest BCUT2D eigenvalue weighted by atomic mass is 10.0. The molecule has 7 heteroatoms. The SMILES string of the molecule is CSc1nccc(-c2cc3c(C)nsc3nc2-c2ccc(F)cc2)n1. The standard InChI is InChI=1S/C18H13FN4S2/c1-10-13-9-14(15-7-8-20-18(21-15)24-2)16(22-17(13)25-23-10)11-3-5-12(19)6-4-11/h3-9H,1-2H3. The quantitative estimate of drug-likeness (QED) is 0.377. The van der Waals surface area contributed by atoms with Crippen LogP contribution in [0.5, 0.6) is 0 Å². The molecule has 0 radical (unpaired) electrons. The molecule has 25 heavy (non-hydrogen) atoms. The molecule has 0 aliphatic heterocycles. The number of fused-ring (bicyclic) bond motifs is 1. The van der Waals surface area contributed by atoms with E-state index >= 15 is 0 Å². The van der Waals surface area contributed by atoms with E-state index in [0.717, 1.165) is 38.4 Å². The normalized spacial score (nSPS) is 11.2. The molecule has 0 aliphatic rings. The largest absolute Gasteiger partial charge is 0.235 e. The van der Waals surface area contributed by atoms with Crippen molar-refractivity contribution < 1.29 is 4.39 Å². The van der Waals surface area contributed by atoms with Gasteiger partial charge in [0.15, 0.2) is 5.16 Å². The van der Waals surface area contributed by atoms with Gasteiger partial charge in [0.2, 0.25) is 0 Å². The Kier molecular flexibility index (Phi) is 4.19. The molecular formula is C18H13FN4S2. The summed E-state index contributed by atoms with van der Waals surface area (Å²) < 4.78 is 17.7. The van der Waals surface area contributed by atoms with Crippen LogP contribution in [0.2, 0.25) is 0 Å². The van der Waals surface area contributed by atoms with Gasteiger partial charge in [0.05, 0.1) is 17.1 Å². The number of benzene rings is 1. The van der Waals surface area contributed by atoms with Crippen LogP contribution in [-0.4, -0.2) is 25.6 Å². The van der Waals surface area contributed by atoms with Crippen molar-refractivity contribution in [3.63, 3.8) is 0 Å². The third kappa shape index (κ3) is 3.01. The summed E-state index contributed by atoms with van der Waals surface area (Å²) in [5, 5.41) is 1.71. The molecule has 0 fully saturated rings. The smallest absolute Gasteiger partial charge is 0.187 e. The van der Waals surface area contributed by atoms with Gasteiger partial charge in [-0.1, -0.05) is 11.8 Å². The molecule has 0 saturated heterocycles. The van der Waals surface area contributed by atoms with E-state index in [1.807, 2.05) is 19.2 Å². The number of thioether (sulfide) groups is 1. The number of hydrogen-bond donors (Lipinski definition) is 0. The molecular weight excluding hydrogens is 355 g/mol. The van der Waals surface area contributed by atoms with Gasteiger partial charge in [0, 0.05) is 22.7 Å². The summed E-state index contributed by atoms with van der Waals surface area (Å²) >= 11 is 2.85. The van der Waals surface area contributed by atoms with Gasteiger partial charge in [-0.2, -0.15) is 4.37 Å². The summed E-state index contributed by atoms with van der Waals surface area (Å²) in [6.45, 7) is 1.97. The van der Waals surface area contributed by atoms with Crippen LogP contribution < -0.4 is 0 Å². The molecule has 0 atom stereocenters. The van der Waals surface area contributed by atoms with Crippen molar-refractivity contribution in [1.82, 2.24) is 19.3 Å². The number of aromatic nitrogens is 4. The molecule has 0 N–H and O–H groups in total. The van der Waals surface area contributed by atoms with Crippen molar-refractivity contribution in [2.75, 3.05) is 6.26 Å². The molecule has 0 saturated carbocycles. The zero-order chi connectivity index (χ0) is 17.4. The summed E-state index contributed by atoms with van der Waals surface area (Å²) in [4.78, 5) is 14.5. The number of nitrogens with zero attached hydrogens (tertiary/aromatic N) is 4. The number of aryl methyl sites for hydroxylation is 1. The first-order valence-corrected chi connectivity index (χ1v) is 9.56. The van der Waals surface area contributed by atoms with E-state index in [2.05, 4.69) is 20.4 Å². The van der Waals surface area contributed by atoms with Crippen LogP contribution in [0.3, 0.4) is 0 Å². The van der Waals surface area contributed by atoms with Crippen molar-refractivity contribution in [3.8, 4) is 22.5 Å². The van der Waals surface area contributed by atoms with Gasteiger partial charge in [0.25, 0.3) is 0 Å². The second-order valence-corrected chi connectivity index (χ2v) is 6.97. The van der Waals surface area contributed by atoms with E-state index in [1.165, 1.54) is 35.4 Å². The van der Waals surface area contributed by atoms with Crippen molar-refractivity contribution in [3.05, 3.63) is 54.1 Å². The van der Waals surface area contributed by atoms with Crippen molar-refractivity contribution in [2.45, 2.75) is 12.1 Å². The highest BCUT2D eigenvalue weighted by Gasteiger charge is 2.15. The number of rotatable bonds is 3. The van der Waals surface area contributed by atoms with Gasteiger partial charge < -0.3 is 0 Å². The van der Waals surface area contributed by atoms with Crippen molar-refractivity contribution in [1.29, 1.82) is 0 Å². The fraction of sp³-hybridized carbons (Fsp3) is 0.111. The monoisotopic (exact) mass is 368 g/mol. The van der Waals surface area contributed by atoms with Gasteiger partial charge in [0.1, 0.15) is 10.6 Å². The van der Waals surface area contributed by atoms with Crippen molar-refractivity contribution >= 4 is 33.5 Å². The number of hydrogen-bond acceptors (Lipinski definition) is 6. The first-order valence-electron chi connectivity index (χ1n) is 7.56. The Bertz CT molecular complexity index is 1060. The first-order chi connectivity index (χ1) is 12.2. The van der Waals surface area contributed by atoms with Crippen LogP contribution in [0.4, 0.5) is 4.39 Å². The van der Waals surface area contributed by atoms with Crippen LogP contribution in [-0.2, 0) is 0 Å². The van der Waals surface area contributed by atoms with E-state index in [4.69, 9.17) is 4.98 Å². The topological polar surface area (TPSA) is 51.6 Å². The van der Waals surface area contributed by atoms with Gasteiger partial charge in [-0.3, -0.25) is 0 Å². The van der Waals surface area contributed by atoms with Gasteiger partial charge in [-0.05, 0) is 61.1 Å². The Balaban J connectivity index is 2.00. The van der Waals surface area contributed by atoms with Crippen LogP contribution in [0, 0.1) is 12.7 Å². The fourth-order valence-electron chi connectivity index (χ4n) is 2.60. The Morgan fingerprint density at radius 1 is 1.08 bits per heavy atom. The second kappa shape index (κ2) is 6.50. The molecule has 0 amide bonds. The predicted molar refractivity (Wildman–Crippen MR) is 100 cm³/mol. The van der Waals surface area contributed by atoms with E-state index in [9.17, 15) is 4.39 Å². The van der Waals surface area contributed by atoms with Crippen LogP contribution >= 0.6 is 23.3 Å². The second-order valence-electron chi connectivity index (χ2n) is 5.44. The lowest BCUT2D eigenvalue weighted by molar-refractivity contribution is 0.628. The average Bonchev–Trinajstić information content (AvgIpc) is 3.01. The van der Waals surface area contributed by atoms with E-state index in [-0.39, 0.29) is 5.82 Å². The lowest BCUT2D eigenvalue weighted by Gasteiger charge is -2.10. The van der Waals surface area contributed by atoms with Gasteiger partial charge >= 0.3 is 0 Å². The Labute approximate surface area is 152 Å². The summed E-state index contributed by atoms with van der Waals surface area (Å²) in [5.74, 6) is -0.272. The van der Waals surface area contributed by atoms with Gasteiger partial charge in [-0.25, -0.2) is 19.3 Å². The number of halogens is 1. The fourth-order valence-corrected chi connectivity index (χ4v) is 3.71. The maximum Gasteiger partial charge on any atom is 0.187 e. The molecule has 0 unspecified atom stereocenters. The molecule has 3 heterocycles. The van der Waals surface area contributed by atoms with Crippen LogP contribution in [0.25, 0.3) is 32.7 Å². The first kappa shape index (κ1) is 16.1. The third-order valence-electron chi connectivity index (χ3n) is 3.86. The minimum atomic E-state index is -0.272. The zero-order valence-electron chi connectivity index (χ0n) is 13.5. The van der Waals surface area contributed by atoms with E-state index < -0.39 is 0 Å². The maximum atomic E-state index is 13.3. The Morgan fingerprint density at radius 2 is 1.88 bits per heavy atom. The molecule has 0 spiro atoms. The Morgan fingerprint density at radius 3 is 2.64 bits per heavy atom. The summed E-state index contributed by atoms with van der Waals surface area (Å²) in [5.41, 5.74) is 4.23. The molecule has 0 bridgehead atoms. The van der Waals surface area contributed by atoms with E-state index in [1.54, 1.807) is 18.3 Å². The molecule has 3 aromatic heterocycles. The van der Waals surface area contributed by atoms with Crippen molar-refractivity contribution in [2.24, 2.45) is 0 Å². The highest BCUT2D eigenvalue weighted by molar-refractivity contribution is 7.98. The van der Waals surface area contributed by atoms with E-state index in [0.29, 0.717) is 5.16 Å². The zero-order valence-corrected chi connectivity index (χ0v) is 15.2. The highest BCUT2D eigenvalue weighted by atomic mass is 32.2. The Hall–Kier alpha value is -2.38. The molecule has 0 aliphatic carbocycles. The lowest BCUT2D eigenvalue weighted by Crippen LogP contribution is -1.94. The minimum absolute atomic E-state index is 0.272. The average molecular weight is 368 g/mol. The number of pyridine rings is 1. The maximum absolute atomic E-state index is 13.3. The molecule has 4 aromatic rings. The summed E-state index contributed by atoms with van der Waals surface area (Å²) in [7, 11) is 0. The third-order valence-corrected chi connectivity index (χ3v) is 5.27. The molecule has 124 valence electrons. The van der Waals surface area contributed by atoms with Gasteiger partial charge in [-0.15, -0.1) is 0 Å². The van der Waals surface area contributed by atoms with Crippen LogP contribution in [0.1, 0.15) is 5.69 Å².